The van der Waals surface area contributed by atoms with Crippen LogP contribution in [-0.4, -0.2) is 28.6 Å². The monoisotopic (exact) mass is 302 g/mol. The number of aromatic nitrogens is 2. The first-order valence-corrected chi connectivity index (χ1v) is 8.11. The Hall–Kier alpha value is -1.82. The van der Waals surface area contributed by atoms with Gasteiger partial charge in [0.25, 0.3) is 0 Å². The summed E-state index contributed by atoms with van der Waals surface area (Å²) in [5.74, 6) is 0.147. The molecule has 0 saturated heterocycles. The van der Waals surface area contributed by atoms with E-state index >= 15 is 0 Å². The number of hydrogen-bond acceptors (Lipinski definition) is 5. The highest BCUT2D eigenvalue weighted by Gasteiger charge is 2.24. The first-order chi connectivity index (χ1) is 10.3. The number of amides is 1. The van der Waals surface area contributed by atoms with Gasteiger partial charge in [-0.15, -0.1) is 11.3 Å². The molecule has 3 rings (SSSR count). The van der Waals surface area contributed by atoms with Gasteiger partial charge in [-0.25, -0.2) is 9.97 Å². The first kappa shape index (κ1) is 14.1. The van der Waals surface area contributed by atoms with Gasteiger partial charge in [-0.1, -0.05) is 6.42 Å². The smallest absolute Gasteiger partial charge is 0.227 e. The molecule has 1 saturated carbocycles. The SMILES string of the molecule is C=NC1CCC[C@H](C(=O)Nc2csc3nccnc23)CC1. The molecular formula is C15H18N4OS. The minimum atomic E-state index is 0.0587. The fraction of sp³-hybridized carbons (Fsp3) is 0.467. The van der Waals surface area contributed by atoms with Crippen LogP contribution < -0.4 is 5.32 Å². The highest BCUT2D eigenvalue weighted by Crippen LogP contribution is 2.29. The van der Waals surface area contributed by atoms with Gasteiger partial charge in [0.15, 0.2) is 0 Å². The lowest BCUT2D eigenvalue weighted by molar-refractivity contribution is -0.120. The minimum Gasteiger partial charge on any atom is -0.323 e. The zero-order chi connectivity index (χ0) is 14.7. The lowest BCUT2D eigenvalue weighted by atomic mass is 9.99. The minimum absolute atomic E-state index is 0.0587. The van der Waals surface area contributed by atoms with Crippen molar-refractivity contribution >= 4 is 40.0 Å². The third-order valence-electron chi connectivity index (χ3n) is 4.03. The van der Waals surface area contributed by atoms with Crippen molar-refractivity contribution < 1.29 is 4.79 Å². The summed E-state index contributed by atoms with van der Waals surface area (Å²) in [4.78, 5) is 26.0. The third-order valence-corrected chi connectivity index (χ3v) is 4.91. The van der Waals surface area contributed by atoms with Crippen LogP contribution in [0.25, 0.3) is 10.3 Å². The summed E-state index contributed by atoms with van der Waals surface area (Å²) in [5, 5.41) is 4.93. The Morgan fingerprint density at radius 3 is 3.00 bits per heavy atom. The number of carbonyl (C=O) groups excluding carboxylic acids is 1. The largest absolute Gasteiger partial charge is 0.323 e. The van der Waals surface area contributed by atoms with E-state index in [2.05, 4.69) is 27.0 Å². The molecule has 2 atom stereocenters. The van der Waals surface area contributed by atoms with Crippen molar-refractivity contribution in [3.05, 3.63) is 17.8 Å². The van der Waals surface area contributed by atoms with Gasteiger partial charge < -0.3 is 5.32 Å². The molecule has 1 fully saturated rings. The van der Waals surface area contributed by atoms with Crippen LogP contribution in [0.2, 0.25) is 0 Å². The molecule has 1 aliphatic rings. The van der Waals surface area contributed by atoms with E-state index in [4.69, 9.17) is 0 Å². The Labute approximate surface area is 127 Å². The second-order valence-electron chi connectivity index (χ2n) is 5.39. The number of hydrogen-bond donors (Lipinski definition) is 1. The Kier molecular flexibility index (Phi) is 4.24. The number of aliphatic imine (C=N–C) groups is 1. The molecule has 0 aliphatic heterocycles. The summed E-state index contributed by atoms with van der Waals surface area (Å²) >= 11 is 1.50. The highest BCUT2D eigenvalue weighted by molar-refractivity contribution is 7.17. The topological polar surface area (TPSA) is 67.2 Å². The molecule has 2 aromatic rings. The first-order valence-electron chi connectivity index (χ1n) is 7.23. The van der Waals surface area contributed by atoms with Crippen molar-refractivity contribution in [2.45, 2.75) is 38.1 Å². The van der Waals surface area contributed by atoms with E-state index in [1.807, 2.05) is 5.38 Å². The lowest BCUT2D eigenvalue weighted by Gasteiger charge is -2.13. The van der Waals surface area contributed by atoms with Gasteiger partial charge in [-0.2, -0.15) is 0 Å². The standard InChI is InChI=1S/C15H18N4OS/c1-16-11-4-2-3-10(5-6-11)14(20)19-12-9-21-15-13(12)17-7-8-18-15/h7-11H,1-6H2,(H,19,20)/t10-,11?/m0/s1. The van der Waals surface area contributed by atoms with E-state index in [1.54, 1.807) is 12.4 Å². The maximum absolute atomic E-state index is 12.5. The van der Waals surface area contributed by atoms with Gasteiger partial charge in [0.1, 0.15) is 10.3 Å². The summed E-state index contributed by atoms with van der Waals surface area (Å²) in [5.41, 5.74) is 1.55. The fourth-order valence-corrected chi connectivity index (χ4v) is 3.61. The number of thiophene rings is 1. The maximum Gasteiger partial charge on any atom is 0.227 e. The zero-order valence-corrected chi connectivity index (χ0v) is 12.6. The zero-order valence-electron chi connectivity index (χ0n) is 11.8. The maximum atomic E-state index is 12.5. The van der Waals surface area contributed by atoms with Crippen molar-refractivity contribution in [2.75, 3.05) is 5.32 Å². The van der Waals surface area contributed by atoms with Crippen LogP contribution in [-0.2, 0) is 4.79 Å². The van der Waals surface area contributed by atoms with Crippen molar-refractivity contribution in [3.63, 3.8) is 0 Å². The summed E-state index contributed by atoms with van der Waals surface area (Å²) in [7, 11) is 0. The van der Waals surface area contributed by atoms with Gasteiger partial charge in [-0.3, -0.25) is 9.79 Å². The van der Waals surface area contributed by atoms with E-state index < -0.39 is 0 Å². The van der Waals surface area contributed by atoms with Crippen LogP contribution in [0.5, 0.6) is 0 Å². The normalized spacial score (nSPS) is 22.7. The number of carbonyl (C=O) groups is 1. The van der Waals surface area contributed by atoms with Crippen LogP contribution >= 0.6 is 11.3 Å². The summed E-state index contributed by atoms with van der Waals surface area (Å²) in [6.45, 7) is 3.63. The Morgan fingerprint density at radius 2 is 2.14 bits per heavy atom. The molecule has 2 aromatic heterocycles. The molecule has 0 spiro atoms. The number of anilines is 1. The second kappa shape index (κ2) is 6.30. The number of rotatable bonds is 3. The summed E-state index contributed by atoms with van der Waals surface area (Å²) in [6.07, 6.45) is 8.14. The number of fused-ring (bicyclic) bond motifs is 1. The molecule has 21 heavy (non-hydrogen) atoms. The van der Waals surface area contributed by atoms with Crippen LogP contribution in [0.4, 0.5) is 5.69 Å². The van der Waals surface area contributed by atoms with Crippen molar-refractivity contribution in [1.82, 2.24) is 9.97 Å². The van der Waals surface area contributed by atoms with Crippen molar-refractivity contribution in [1.29, 1.82) is 0 Å². The van der Waals surface area contributed by atoms with Crippen molar-refractivity contribution in [2.24, 2.45) is 10.9 Å². The van der Waals surface area contributed by atoms with Crippen LogP contribution in [0, 0.1) is 5.92 Å². The lowest BCUT2D eigenvalue weighted by Crippen LogP contribution is -2.22. The molecule has 0 aromatic carbocycles. The molecule has 1 amide bonds. The van der Waals surface area contributed by atoms with E-state index in [0.717, 1.165) is 48.1 Å². The average molecular weight is 302 g/mol. The molecule has 110 valence electrons. The highest BCUT2D eigenvalue weighted by atomic mass is 32.1. The third kappa shape index (κ3) is 3.10. The average Bonchev–Trinajstić information content (AvgIpc) is 2.76. The van der Waals surface area contributed by atoms with E-state index in [1.165, 1.54) is 11.3 Å². The molecule has 2 heterocycles. The second-order valence-corrected chi connectivity index (χ2v) is 6.25. The molecule has 0 bridgehead atoms. The number of nitrogens with zero attached hydrogens (tertiary/aromatic N) is 3. The molecule has 1 unspecified atom stereocenters. The van der Waals surface area contributed by atoms with Crippen LogP contribution in [0.3, 0.4) is 0 Å². The Bertz CT molecular complexity index is 654. The summed E-state index contributed by atoms with van der Waals surface area (Å²) < 4.78 is 0. The fourth-order valence-electron chi connectivity index (χ4n) is 2.82. The van der Waals surface area contributed by atoms with E-state index in [0.29, 0.717) is 6.04 Å². The molecular weight excluding hydrogens is 284 g/mol. The predicted octanol–water partition coefficient (Wildman–Crippen LogP) is 3.28. The summed E-state index contributed by atoms with van der Waals surface area (Å²) in [6, 6.07) is 0.315. The molecule has 1 aliphatic carbocycles. The van der Waals surface area contributed by atoms with Crippen molar-refractivity contribution in [3.8, 4) is 0 Å². The van der Waals surface area contributed by atoms with Gasteiger partial charge in [-0.05, 0) is 32.4 Å². The van der Waals surface area contributed by atoms with E-state index in [9.17, 15) is 4.79 Å². The van der Waals surface area contributed by atoms with Crippen LogP contribution in [0.1, 0.15) is 32.1 Å². The van der Waals surface area contributed by atoms with Crippen LogP contribution in [0.15, 0.2) is 22.8 Å². The predicted molar refractivity (Wildman–Crippen MR) is 86.0 cm³/mol. The van der Waals surface area contributed by atoms with Gasteiger partial charge in [0.05, 0.1) is 5.69 Å². The quantitative estimate of drug-likeness (QED) is 0.699. The molecule has 6 heteroatoms. The Morgan fingerprint density at radius 1 is 1.29 bits per heavy atom. The van der Waals surface area contributed by atoms with Gasteiger partial charge in [0.2, 0.25) is 5.91 Å². The van der Waals surface area contributed by atoms with E-state index in [-0.39, 0.29) is 11.8 Å². The Balaban J connectivity index is 1.70. The molecule has 1 N–H and O–H groups in total. The molecule has 0 radical (unpaired) electrons. The molecule has 5 nitrogen and oxygen atoms in total. The van der Waals surface area contributed by atoms with Gasteiger partial charge >= 0.3 is 0 Å². The van der Waals surface area contributed by atoms with Gasteiger partial charge in [0, 0.05) is 29.7 Å². The number of nitrogens with one attached hydrogen (secondary N) is 1.